The molecule has 2 aliphatic heterocycles. The molecule has 2 fully saturated rings. The Kier molecular flexibility index (Phi) is 5.45. The summed E-state index contributed by atoms with van der Waals surface area (Å²) in [5, 5.41) is 12.0. The van der Waals surface area contributed by atoms with Crippen LogP contribution in [-0.4, -0.2) is 69.6 Å². The van der Waals surface area contributed by atoms with Gasteiger partial charge in [0.15, 0.2) is 0 Å². The monoisotopic (exact) mass is 453 g/mol. The van der Waals surface area contributed by atoms with E-state index >= 15 is 0 Å². The molecule has 2 aliphatic rings. The van der Waals surface area contributed by atoms with Crippen LogP contribution in [0.3, 0.4) is 0 Å². The summed E-state index contributed by atoms with van der Waals surface area (Å²) in [5.41, 5.74) is 0.972. The zero-order valence-corrected chi connectivity index (χ0v) is 17.6. The molecule has 2 aromatic carbocycles. The van der Waals surface area contributed by atoms with Gasteiger partial charge in [-0.15, -0.1) is 0 Å². The maximum Gasteiger partial charge on any atom is 0.250 e. The minimum Gasteiger partial charge on any atom is -0.339 e. The van der Waals surface area contributed by atoms with Gasteiger partial charge in [-0.3, -0.25) is 9.59 Å². The van der Waals surface area contributed by atoms with E-state index in [9.17, 15) is 18.4 Å². The molecule has 33 heavy (non-hydrogen) atoms. The van der Waals surface area contributed by atoms with Crippen molar-refractivity contribution in [2.45, 2.75) is 6.42 Å². The van der Waals surface area contributed by atoms with Gasteiger partial charge in [-0.1, -0.05) is 23.3 Å². The zero-order valence-electron chi connectivity index (χ0n) is 17.6. The Hall–Kier alpha value is -3.89. The average Bonchev–Trinajstić information content (AvgIpc) is 3.46. The van der Waals surface area contributed by atoms with E-state index in [0.29, 0.717) is 32.1 Å². The third kappa shape index (κ3) is 4.13. The lowest BCUT2D eigenvalue weighted by atomic mass is 10.1. The number of rotatable bonds is 4. The zero-order chi connectivity index (χ0) is 22.9. The molecule has 2 amide bonds. The van der Waals surface area contributed by atoms with Crippen molar-refractivity contribution >= 4 is 23.5 Å². The van der Waals surface area contributed by atoms with Crippen molar-refractivity contribution in [3.05, 3.63) is 60.2 Å². The van der Waals surface area contributed by atoms with Gasteiger partial charge < -0.3 is 14.7 Å². The number of para-hydroxylation sites is 1. The van der Waals surface area contributed by atoms with Gasteiger partial charge in [0.05, 0.1) is 11.6 Å². The Morgan fingerprint density at radius 2 is 1.64 bits per heavy atom. The van der Waals surface area contributed by atoms with Gasteiger partial charge in [-0.2, -0.15) is 4.68 Å². The van der Waals surface area contributed by atoms with E-state index in [1.807, 2.05) is 35.2 Å². The molecular formula is C22H21F2N7O2. The standard InChI is InChI=1S/C22H21F2N7O2/c23-16-11-17(24)13-19(12-16)30-14-15(10-20(30)32)21(33)28-6-8-29(9-7-28)22-25-26-27-31(22)18-4-2-1-3-5-18/h1-5,11-13,15H,6-10,14H2. The fourth-order valence-corrected chi connectivity index (χ4v) is 4.32. The van der Waals surface area contributed by atoms with Gasteiger partial charge >= 0.3 is 0 Å². The Balaban J connectivity index is 1.23. The maximum absolute atomic E-state index is 13.6. The number of nitrogens with zero attached hydrogens (tertiary/aromatic N) is 7. The molecule has 0 radical (unpaired) electrons. The highest BCUT2D eigenvalue weighted by Crippen LogP contribution is 2.28. The minimum atomic E-state index is -0.762. The van der Waals surface area contributed by atoms with Gasteiger partial charge in [0.1, 0.15) is 11.6 Å². The minimum absolute atomic E-state index is 0.0173. The second kappa shape index (κ2) is 8.57. The number of halogens is 2. The average molecular weight is 453 g/mol. The molecule has 0 aliphatic carbocycles. The Bertz CT molecular complexity index is 1160. The molecule has 0 saturated carbocycles. The van der Waals surface area contributed by atoms with Crippen molar-refractivity contribution in [1.29, 1.82) is 0 Å². The van der Waals surface area contributed by atoms with E-state index in [0.717, 1.165) is 23.9 Å². The summed E-state index contributed by atoms with van der Waals surface area (Å²) in [6.45, 7) is 2.10. The Morgan fingerprint density at radius 1 is 0.939 bits per heavy atom. The molecule has 5 rings (SSSR count). The molecular weight excluding hydrogens is 432 g/mol. The number of anilines is 2. The molecule has 0 spiro atoms. The lowest BCUT2D eigenvalue weighted by molar-refractivity contribution is -0.136. The van der Waals surface area contributed by atoms with E-state index in [1.54, 1.807) is 9.58 Å². The molecule has 11 heteroatoms. The van der Waals surface area contributed by atoms with Gasteiger partial charge in [-0.25, -0.2) is 8.78 Å². The number of hydrogen-bond donors (Lipinski definition) is 0. The molecule has 170 valence electrons. The van der Waals surface area contributed by atoms with Crippen LogP contribution in [0.5, 0.6) is 0 Å². The smallest absolute Gasteiger partial charge is 0.250 e. The highest BCUT2D eigenvalue weighted by atomic mass is 19.1. The summed E-state index contributed by atoms with van der Waals surface area (Å²) >= 11 is 0. The molecule has 1 unspecified atom stereocenters. The lowest BCUT2D eigenvalue weighted by Crippen LogP contribution is -2.51. The molecule has 1 aromatic heterocycles. The summed E-state index contributed by atoms with van der Waals surface area (Å²) in [4.78, 5) is 30.5. The van der Waals surface area contributed by atoms with Crippen LogP contribution in [-0.2, 0) is 9.59 Å². The number of hydrogen-bond acceptors (Lipinski definition) is 6. The summed E-state index contributed by atoms with van der Waals surface area (Å²) < 4.78 is 28.8. The van der Waals surface area contributed by atoms with Gasteiger partial charge in [0.25, 0.3) is 0 Å². The third-order valence-electron chi connectivity index (χ3n) is 5.96. The van der Waals surface area contributed by atoms with Crippen LogP contribution in [0, 0.1) is 17.6 Å². The predicted molar refractivity (Wildman–Crippen MR) is 115 cm³/mol. The van der Waals surface area contributed by atoms with E-state index in [4.69, 9.17) is 0 Å². The van der Waals surface area contributed by atoms with E-state index < -0.39 is 17.6 Å². The number of aromatic nitrogens is 4. The van der Waals surface area contributed by atoms with Crippen LogP contribution in [0.2, 0.25) is 0 Å². The second-order valence-corrected chi connectivity index (χ2v) is 8.07. The number of tetrazole rings is 1. The largest absolute Gasteiger partial charge is 0.339 e. The van der Waals surface area contributed by atoms with Crippen LogP contribution in [0.1, 0.15) is 6.42 Å². The van der Waals surface area contributed by atoms with Crippen molar-refractivity contribution in [2.75, 3.05) is 42.5 Å². The molecule has 0 bridgehead atoms. The SMILES string of the molecule is O=C(C1CC(=O)N(c2cc(F)cc(F)c2)C1)N1CCN(c2nnnn2-c2ccccc2)CC1. The van der Waals surface area contributed by atoms with Crippen LogP contribution in [0.15, 0.2) is 48.5 Å². The number of piperazine rings is 1. The molecule has 1 atom stereocenters. The fraction of sp³-hybridized carbons (Fsp3) is 0.318. The first kappa shape index (κ1) is 21.0. The van der Waals surface area contributed by atoms with Crippen molar-refractivity contribution in [2.24, 2.45) is 5.92 Å². The third-order valence-corrected chi connectivity index (χ3v) is 5.96. The molecule has 9 nitrogen and oxygen atoms in total. The fourth-order valence-electron chi connectivity index (χ4n) is 4.32. The highest BCUT2D eigenvalue weighted by molar-refractivity contribution is 6.00. The molecule has 0 N–H and O–H groups in total. The molecule has 2 saturated heterocycles. The Morgan fingerprint density at radius 3 is 2.33 bits per heavy atom. The first-order valence-corrected chi connectivity index (χ1v) is 10.6. The highest BCUT2D eigenvalue weighted by Gasteiger charge is 2.38. The van der Waals surface area contributed by atoms with E-state index in [1.165, 1.54) is 4.90 Å². The summed E-state index contributed by atoms with van der Waals surface area (Å²) in [7, 11) is 0. The summed E-state index contributed by atoms with van der Waals surface area (Å²) in [6.07, 6.45) is 0.0173. The predicted octanol–water partition coefficient (Wildman–Crippen LogP) is 1.64. The van der Waals surface area contributed by atoms with Crippen molar-refractivity contribution < 1.29 is 18.4 Å². The first-order valence-electron chi connectivity index (χ1n) is 10.6. The lowest BCUT2D eigenvalue weighted by Gasteiger charge is -2.35. The van der Waals surface area contributed by atoms with Crippen LogP contribution in [0.4, 0.5) is 20.4 Å². The molecule has 3 heterocycles. The maximum atomic E-state index is 13.6. The number of benzene rings is 2. The number of amides is 2. The van der Waals surface area contributed by atoms with Crippen molar-refractivity contribution in [1.82, 2.24) is 25.1 Å². The number of carbonyl (C=O) groups is 2. The topological polar surface area (TPSA) is 87.5 Å². The van der Waals surface area contributed by atoms with Crippen molar-refractivity contribution in [3.8, 4) is 5.69 Å². The number of carbonyl (C=O) groups excluding carboxylic acids is 2. The molecule has 3 aromatic rings. The quantitative estimate of drug-likeness (QED) is 0.597. The summed E-state index contributed by atoms with van der Waals surface area (Å²) in [5.74, 6) is -1.93. The van der Waals surface area contributed by atoms with Gasteiger partial charge in [0, 0.05) is 50.9 Å². The summed E-state index contributed by atoms with van der Waals surface area (Å²) in [6, 6.07) is 12.5. The second-order valence-electron chi connectivity index (χ2n) is 8.07. The van der Waals surface area contributed by atoms with Crippen LogP contribution in [0.25, 0.3) is 5.69 Å². The van der Waals surface area contributed by atoms with E-state index in [-0.39, 0.29) is 30.5 Å². The van der Waals surface area contributed by atoms with Crippen molar-refractivity contribution in [3.63, 3.8) is 0 Å². The van der Waals surface area contributed by atoms with Gasteiger partial charge in [0.2, 0.25) is 17.8 Å². The Labute approximate surface area is 188 Å². The van der Waals surface area contributed by atoms with Crippen LogP contribution < -0.4 is 9.80 Å². The first-order chi connectivity index (χ1) is 16.0. The van der Waals surface area contributed by atoms with Crippen LogP contribution >= 0.6 is 0 Å². The van der Waals surface area contributed by atoms with Gasteiger partial charge in [-0.05, 0) is 34.7 Å². The normalized spacial score (nSPS) is 18.8. The van der Waals surface area contributed by atoms with E-state index in [2.05, 4.69) is 15.5 Å².